The fourth-order valence-electron chi connectivity index (χ4n) is 2.03. The first-order chi connectivity index (χ1) is 9.04. The maximum Gasteiger partial charge on any atom is 0.269 e. The Morgan fingerprint density at radius 2 is 2.16 bits per heavy atom. The van der Waals surface area contributed by atoms with Crippen molar-refractivity contribution in [2.75, 3.05) is 25.0 Å². The third kappa shape index (κ3) is 3.73. The van der Waals surface area contributed by atoms with E-state index in [9.17, 15) is 20.0 Å². The lowest BCUT2D eigenvalue weighted by Gasteiger charge is -2.14. The molecule has 0 spiro atoms. The number of benzene rings is 1. The molecule has 7 nitrogen and oxygen atoms in total. The van der Waals surface area contributed by atoms with E-state index in [1.165, 1.54) is 24.3 Å². The molecule has 0 bridgehead atoms. The van der Waals surface area contributed by atoms with Crippen LogP contribution < -0.4 is 5.32 Å². The van der Waals surface area contributed by atoms with Crippen molar-refractivity contribution in [2.45, 2.75) is 12.5 Å². The van der Waals surface area contributed by atoms with Gasteiger partial charge in [-0.05, 0) is 18.6 Å². The minimum absolute atomic E-state index is 0.0133. The molecule has 0 aromatic heterocycles. The Bertz CT molecular complexity index is 474. The lowest BCUT2D eigenvalue weighted by atomic mass is 10.3. The summed E-state index contributed by atoms with van der Waals surface area (Å²) in [6.45, 7) is 1.43. The molecule has 1 fully saturated rings. The third-order valence-electron chi connectivity index (χ3n) is 2.98. The first kappa shape index (κ1) is 13.4. The molecule has 1 heterocycles. The van der Waals surface area contributed by atoms with Crippen molar-refractivity contribution in [3.05, 3.63) is 34.4 Å². The number of aliphatic hydroxyl groups is 1. The summed E-state index contributed by atoms with van der Waals surface area (Å²) in [5.74, 6) is -0.192. The molecule has 19 heavy (non-hydrogen) atoms. The second-order valence-electron chi connectivity index (χ2n) is 4.53. The van der Waals surface area contributed by atoms with E-state index < -0.39 is 4.92 Å². The summed E-state index contributed by atoms with van der Waals surface area (Å²) in [5, 5.41) is 22.5. The zero-order chi connectivity index (χ0) is 13.8. The van der Waals surface area contributed by atoms with Gasteiger partial charge in [0.05, 0.1) is 17.6 Å². The number of non-ortho nitro benzene ring substituents is 1. The van der Waals surface area contributed by atoms with Crippen molar-refractivity contribution < 1.29 is 14.8 Å². The van der Waals surface area contributed by atoms with Crippen molar-refractivity contribution in [1.82, 2.24) is 4.90 Å². The van der Waals surface area contributed by atoms with Crippen molar-refractivity contribution in [1.29, 1.82) is 0 Å². The molecule has 1 aromatic carbocycles. The first-order valence-corrected chi connectivity index (χ1v) is 5.99. The van der Waals surface area contributed by atoms with Crippen LogP contribution in [0.3, 0.4) is 0 Å². The van der Waals surface area contributed by atoms with E-state index >= 15 is 0 Å². The highest BCUT2D eigenvalue weighted by Gasteiger charge is 2.21. The Hall–Kier alpha value is -1.99. The van der Waals surface area contributed by atoms with Gasteiger partial charge in [-0.25, -0.2) is 0 Å². The quantitative estimate of drug-likeness (QED) is 0.614. The largest absolute Gasteiger partial charge is 0.392 e. The monoisotopic (exact) mass is 265 g/mol. The number of nitro benzene ring substituents is 1. The topological polar surface area (TPSA) is 95.7 Å². The van der Waals surface area contributed by atoms with Crippen molar-refractivity contribution >= 4 is 17.3 Å². The van der Waals surface area contributed by atoms with Crippen molar-refractivity contribution in [3.8, 4) is 0 Å². The highest BCUT2D eigenvalue weighted by atomic mass is 16.6. The van der Waals surface area contributed by atoms with Gasteiger partial charge in [-0.1, -0.05) is 0 Å². The van der Waals surface area contributed by atoms with Crippen LogP contribution in [0.4, 0.5) is 11.4 Å². The van der Waals surface area contributed by atoms with Crippen LogP contribution in [-0.2, 0) is 4.79 Å². The predicted octanol–water partition coefficient (Wildman–Crippen LogP) is 0.600. The van der Waals surface area contributed by atoms with E-state index in [-0.39, 0.29) is 24.2 Å². The van der Waals surface area contributed by atoms with Gasteiger partial charge in [0.25, 0.3) is 5.69 Å². The predicted molar refractivity (Wildman–Crippen MR) is 68.8 cm³/mol. The molecule has 7 heteroatoms. The van der Waals surface area contributed by atoms with Crippen LogP contribution in [0.2, 0.25) is 0 Å². The van der Waals surface area contributed by atoms with Crippen LogP contribution in [-0.4, -0.2) is 46.6 Å². The average Bonchev–Trinajstić information content (AvgIpc) is 2.75. The summed E-state index contributed by atoms with van der Waals surface area (Å²) >= 11 is 0. The smallest absolute Gasteiger partial charge is 0.269 e. The van der Waals surface area contributed by atoms with Crippen LogP contribution in [0, 0.1) is 10.1 Å². The molecule has 1 amide bonds. The van der Waals surface area contributed by atoms with Crippen LogP contribution in [0.15, 0.2) is 24.3 Å². The normalized spacial score (nSPS) is 19.3. The summed E-state index contributed by atoms with van der Waals surface area (Å²) < 4.78 is 0. The van der Waals surface area contributed by atoms with E-state index in [1.54, 1.807) is 0 Å². The molecule has 1 aliphatic heterocycles. The number of β-amino-alcohol motifs (C(OH)–C–C–N with tert-alkyl or cyclic N) is 1. The minimum atomic E-state index is -0.489. The molecule has 2 rings (SSSR count). The van der Waals surface area contributed by atoms with Crippen molar-refractivity contribution in [3.63, 3.8) is 0 Å². The number of hydrogen-bond acceptors (Lipinski definition) is 5. The maximum atomic E-state index is 11.7. The molecule has 1 aliphatic rings. The van der Waals surface area contributed by atoms with Gasteiger partial charge < -0.3 is 10.4 Å². The van der Waals surface area contributed by atoms with Gasteiger partial charge in [-0.2, -0.15) is 0 Å². The van der Waals surface area contributed by atoms with Gasteiger partial charge >= 0.3 is 0 Å². The summed E-state index contributed by atoms with van der Waals surface area (Å²) in [5.41, 5.74) is 0.510. The maximum absolute atomic E-state index is 11.7. The molecular weight excluding hydrogens is 250 g/mol. The second-order valence-corrected chi connectivity index (χ2v) is 4.53. The molecule has 1 atom stereocenters. The number of likely N-dealkylation sites (tertiary alicyclic amines) is 1. The molecule has 102 valence electrons. The lowest BCUT2D eigenvalue weighted by molar-refractivity contribution is -0.384. The van der Waals surface area contributed by atoms with Crippen LogP contribution in [0.1, 0.15) is 6.42 Å². The van der Waals surface area contributed by atoms with Gasteiger partial charge in [0.1, 0.15) is 0 Å². The highest BCUT2D eigenvalue weighted by Crippen LogP contribution is 2.15. The van der Waals surface area contributed by atoms with Gasteiger partial charge in [0.15, 0.2) is 0 Å². The molecule has 1 unspecified atom stereocenters. The number of aliphatic hydroxyl groups excluding tert-OH is 1. The number of hydrogen-bond donors (Lipinski definition) is 2. The molecule has 0 radical (unpaired) electrons. The molecule has 0 saturated carbocycles. The molecule has 0 aliphatic carbocycles. The van der Waals surface area contributed by atoms with Gasteiger partial charge in [0, 0.05) is 30.9 Å². The molecule has 2 N–H and O–H groups in total. The average molecular weight is 265 g/mol. The van der Waals surface area contributed by atoms with Gasteiger partial charge in [0.2, 0.25) is 5.91 Å². The third-order valence-corrected chi connectivity index (χ3v) is 2.98. The number of nitrogens with zero attached hydrogens (tertiary/aromatic N) is 2. The highest BCUT2D eigenvalue weighted by molar-refractivity contribution is 5.92. The number of nitrogens with one attached hydrogen (secondary N) is 1. The van der Waals surface area contributed by atoms with Crippen molar-refractivity contribution in [2.24, 2.45) is 0 Å². The Morgan fingerprint density at radius 3 is 2.68 bits per heavy atom. The van der Waals surface area contributed by atoms with E-state index in [4.69, 9.17) is 0 Å². The van der Waals surface area contributed by atoms with Crippen LogP contribution >= 0.6 is 0 Å². The van der Waals surface area contributed by atoms with E-state index in [2.05, 4.69) is 5.32 Å². The molecule has 1 aromatic rings. The minimum Gasteiger partial charge on any atom is -0.392 e. The zero-order valence-corrected chi connectivity index (χ0v) is 10.3. The lowest BCUT2D eigenvalue weighted by Crippen LogP contribution is -2.32. The number of carbonyl (C=O) groups is 1. The van der Waals surface area contributed by atoms with Gasteiger partial charge in [-0.15, -0.1) is 0 Å². The standard InChI is InChI=1S/C12H15N3O4/c16-11-5-6-14(7-11)8-12(17)13-9-1-3-10(4-2-9)15(18)19/h1-4,11,16H,5-8H2,(H,13,17). The number of anilines is 1. The number of nitro groups is 1. The Labute approximate surface area is 110 Å². The summed E-state index contributed by atoms with van der Waals surface area (Å²) in [6, 6.07) is 5.67. The van der Waals surface area contributed by atoms with Gasteiger partial charge in [-0.3, -0.25) is 19.8 Å². The van der Waals surface area contributed by atoms with Crippen LogP contribution in [0.25, 0.3) is 0 Å². The van der Waals surface area contributed by atoms with E-state index in [1.807, 2.05) is 4.90 Å². The fraction of sp³-hybridized carbons (Fsp3) is 0.417. The molecule has 1 saturated heterocycles. The SMILES string of the molecule is O=C(CN1CCC(O)C1)Nc1ccc([N+](=O)[O-])cc1. The number of carbonyl (C=O) groups excluding carboxylic acids is 1. The Morgan fingerprint density at radius 1 is 1.47 bits per heavy atom. The first-order valence-electron chi connectivity index (χ1n) is 5.99. The summed E-state index contributed by atoms with van der Waals surface area (Å²) in [7, 11) is 0. The second kappa shape index (κ2) is 5.77. The number of rotatable bonds is 4. The Kier molecular flexibility index (Phi) is 4.08. The fourth-order valence-corrected chi connectivity index (χ4v) is 2.03. The van der Waals surface area contributed by atoms with E-state index in [0.717, 1.165) is 0 Å². The number of amides is 1. The molecular formula is C12H15N3O4. The van der Waals surface area contributed by atoms with E-state index in [0.29, 0.717) is 25.2 Å². The Balaban J connectivity index is 1.86. The van der Waals surface area contributed by atoms with Crippen LogP contribution in [0.5, 0.6) is 0 Å². The summed E-state index contributed by atoms with van der Waals surface area (Å²) in [6.07, 6.45) is 0.331. The summed E-state index contributed by atoms with van der Waals surface area (Å²) in [4.78, 5) is 23.6. The zero-order valence-electron chi connectivity index (χ0n) is 10.3.